The van der Waals surface area contributed by atoms with Gasteiger partial charge in [0.1, 0.15) is 11.5 Å². The molecule has 0 bridgehead atoms. The molecule has 2 heterocycles. The number of aryl methyl sites for hydroxylation is 1. The van der Waals surface area contributed by atoms with Gasteiger partial charge >= 0.3 is 0 Å². The van der Waals surface area contributed by atoms with Crippen LogP contribution >= 0.6 is 0 Å². The van der Waals surface area contributed by atoms with Crippen molar-refractivity contribution >= 4 is 0 Å². The molecule has 0 aliphatic rings. The summed E-state index contributed by atoms with van der Waals surface area (Å²) >= 11 is 0. The van der Waals surface area contributed by atoms with Gasteiger partial charge in [0.2, 0.25) is 0 Å². The SMILES string of the molecule is CCCNCc1cccn1Cc1cc(C)on1. The van der Waals surface area contributed by atoms with Crippen LogP contribution in [0.15, 0.2) is 28.9 Å². The second-order valence-corrected chi connectivity index (χ2v) is 4.23. The van der Waals surface area contributed by atoms with Crippen LogP contribution in [0.5, 0.6) is 0 Å². The number of nitrogens with zero attached hydrogens (tertiary/aromatic N) is 2. The molecule has 4 nitrogen and oxygen atoms in total. The Morgan fingerprint density at radius 2 is 2.35 bits per heavy atom. The van der Waals surface area contributed by atoms with E-state index in [0.29, 0.717) is 0 Å². The van der Waals surface area contributed by atoms with Crippen molar-refractivity contribution in [2.45, 2.75) is 33.4 Å². The van der Waals surface area contributed by atoms with Crippen molar-refractivity contribution in [3.8, 4) is 0 Å². The highest BCUT2D eigenvalue weighted by molar-refractivity contribution is 5.11. The average Bonchev–Trinajstić information content (AvgIpc) is 2.90. The van der Waals surface area contributed by atoms with E-state index in [4.69, 9.17) is 4.52 Å². The van der Waals surface area contributed by atoms with Crippen LogP contribution in [0.4, 0.5) is 0 Å². The second-order valence-electron chi connectivity index (χ2n) is 4.23. The van der Waals surface area contributed by atoms with Gasteiger partial charge in [0.05, 0.1) is 6.54 Å². The minimum Gasteiger partial charge on any atom is -0.361 e. The fraction of sp³-hybridized carbons (Fsp3) is 0.462. The van der Waals surface area contributed by atoms with E-state index < -0.39 is 0 Å². The molecule has 17 heavy (non-hydrogen) atoms. The molecule has 0 aromatic carbocycles. The van der Waals surface area contributed by atoms with Crippen LogP contribution in [0, 0.1) is 6.92 Å². The summed E-state index contributed by atoms with van der Waals surface area (Å²) in [5.41, 5.74) is 2.24. The minimum absolute atomic E-state index is 0.771. The highest BCUT2D eigenvalue weighted by Crippen LogP contribution is 2.08. The lowest BCUT2D eigenvalue weighted by atomic mass is 10.3. The Kier molecular flexibility index (Phi) is 3.98. The maximum Gasteiger partial charge on any atom is 0.133 e. The molecule has 92 valence electrons. The first-order chi connectivity index (χ1) is 8.29. The van der Waals surface area contributed by atoms with Crippen molar-refractivity contribution in [2.24, 2.45) is 0 Å². The topological polar surface area (TPSA) is 43.0 Å². The molecule has 0 aliphatic heterocycles. The fourth-order valence-electron chi connectivity index (χ4n) is 1.82. The predicted molar refractivity (Wildman–Crippen MR) is 66.8 cm³/mol. The quantitative estimate of drug-likeness (QED) is 0.779. The molecule has 2 rings (SSSR count). The van der Waals surface area contributed by atoms with Crippen LogP contribution in [0.1, 0.15) is 30.5 Å². The molecular formula is C13H19N3O. The lowest BCUT2D eigenvalue weighted by molar-refractivity contribution is 0.388. The fourth-order valence-corrected chi connectivity index (χ4v) is 1.82. The number of hydrogen-bond donors (Lipinski definition) is 1. The van der Waals surface area contributed by atoms with E-state index in [0.717, 1.165) is 37.5 Å². The molecule has 0 aliphatic carbocycles. The Morgan fingerprint density at radius 1 is 1.47 bits per heavy atom. The van der Waals surface area contributed by atoms with E-state index in [-0.39, 0.29) is 0 Å². The third-order valence-corrected chi connectivity index (χ3v) is 2.67. The zero-order chi connectivity index (χ0) is 12.1. The summed E-state index contributed by atoms with van der Waals surface area (Å²) in [5, 5.41) is 7.42. The van der Waals surface area contributed by atoms with Gasteiger partial charge in [-0.25, -0.2) is 0 Å². The Morgan fingerprint density at radius 3 is 3.06 bits per heavy atom. The molecule has 0 unspecified atom stereocenters. The minimum atomic E-state index is 0.771. The Balaban J connectivity index is 1.98. The zero-order valence-electron chi connectivity index (χ0n) is 10.4. The summed E-state index contributed by atoms with van der Waals surface area (Å²) in [6, 6.07) is 6.18. The van der Waals surface area contributed by atoms with E-state index >= 15 is 0 Å². The van der Waals surface area contributed by atoms with Gasteiger partial charge in [0.15, 0.2) is 0 Å². The summed E-state index contributed by atoms with van der Waals surface area (Å²) in [4.78, 5) is 0. The van der Waals surface area contributed by atoms with Crippen LogP contribution in [-0.2, 0) is 13.1 Å². The van der Waals surface area contributed by atoms with Crippen LogP contribution in [0.25, 0.3) is 0 Å². The van der Waals surface area contributed by atoms with Crippen molar-refractivity contribution in [1.29, 1.82) is 0 Å². The van der Waals surface area contributed by atoms with Crippen LogP contribution in [-0.4, -0.2) is 16.3 Å². The van der Waals surface area contributed by atoms with Crippen molar-refractivity contribution in [3.63, 3.8) is 0 Å². The highest BCUT2D eigenvalue weighted by atomic mass is 16.5. The first kappa shape index (κ1) is 11.9. The second kappa shape index (κ2) is 5.68. The summed E-state index contributed by atoms with van der Waals surface area (Å²) < 4.78 is 7.27. The van der Waals surface area contributed by atoms with Gasteiger partial charge < -0.3 is 14.4 Å². The number of aromatic nitrogens is 2. The highest BCUT2D eigenvalue weighted by Gasteiger charge is 2.04. The molecule has 4 heteroatoms. The van der Waals surface area contributed by atoms with Crippen LogP contribution in [0.3, 0.4) is 0 Å². The van der Waals surface area contributed by atoms with Crippen molar-refractivity contribution in [1.82, 2.24) is 15.0 Å². The Bertz CT molecular complexity index is 459. The summed E-state index contributed by atoms with van der Waals surface area (Å²) in [6.07, 6.45) is 3.23. The molecular weight excluding hydrogens is 214 g/mol. The molecule has 0 radical (unpaired) electrons. The molecule has 0 spiro atoms. The van der Waals surface area contributed by atoms with Gasteiger partial charge in [-0.05, 0) is 32.0 Å². The molecule has 0 atom stereocenters. The largest absolute Gasteiger partial charge is 0.361 e. The van der Waals surface area contributed by atoms with Gasteiger partial charge in [-0.3, -0.25) is 0 Å². The summed E-state index contributed by atoms with van der Waals surface area (Å²) in [6.45, 7) is 6.81. The molecule has 2 aromatic heterocycles. The van der Waals surface area contributed by atoms with E-state index in [2.05, 4.69) is 40.3 Å². The Labute approximate surface area is 102 Å². The van der Waals surface area contributed by atoms with E-state index in [1.807, 2.05) is 13.0 Å². The predicted octanol–water partition coefficient (Wildman–Crippen LogP) is 2.33. The summed E-state index contributed by atoms with van der Waals surface area (Å²) in [7, 11) is 0. The van der Waals surface area contributed by atoms with Gasteiger partial charge in [-0.1, -0.05) is 12.1 Å². The first-order valence-electron chi connectivity index (χ1n) is 6.06. The average molecular weight is 233 g/mol. The number of rotatable bonds is 6. The molecule has 1 N–H and O–H groups in total. The third-order valence-electron chi connectivity index (χ3n) is 2.67. The van der Waals surface area contributed by atoms with E-state index in [1.54, 1.807) is 0 Å². The van der Waals surface area contributed by atoms with Crippen molar-refractivity contribution < 1.29 is 4.52 Å². The molecule has 0 fully saturated rings. The van der Waals surface area contributed by atoms with Crippen LogP contribution < -0.4 is 5.32 Å². The zero-order valence-corrected chi connectivity index (χ0v) is 10.4. The van der Waals surface area contributed by atoms with Gasteiger partial charge in [0.25, 0.3) is 0 Å². The van der Waals surface area contributed by atoms with Gasteiger partial charge in [-0.2, -0.15) is 0 Å². The first-order valence-corrected chi connectivity index (χ1v) is 6.06. The van der Waals surface area contributed by atoms with E-state index in [1.165, 1.54) is 5.69 Å². The Hall–Kier alpha value is -1.55. The van der Waals surface area contributed by atoms with Crippen molar-refractivity contribution in [3.05, 3.63) is 41.5 Å². The smallest absolute Gasteiger partial charge is 0.133 e. The van der Waals surface area contributed by atoms with Crippen LogP contribution in [0.2, 0.25) is 0 Å². The molecule has 0 saturated heterocycles. The molecule has 2 aromatic rings. The monoisotopic (exact) mass is 233 g/mol. The number of nitrogens with one attached hydrogen (secondary N) is 1. The van der Waals surface area contributed by atoms with Crippen molar-refractivity contribution in [2.75, 3.05) is 6.54 Å². The summed E-state index contributed by atoms with van der Waals surface area (Å²) in [5.74, 6) is 0.859. The normalized spacial score (nSPS) is 10.9. The third kappa shape index (κ3) is 3.20. The van der Waals surface area contributed by atoms with Gasteiger partial charge in [0, 0.05) is 24.5 Å². The molecule has 0 amide bonds. The van der Waals surface area contributed by atoms with Gasteiger partial charge in [-0.15, -0.1) is 0 Å². The number of hydrogen-bond acceptors (Lipinski definition) is 3. The van der Waals surface area contributed by atoms with E-state index in [9.17, 15) is 0 Å². The lowest BCUT2D eigenvalue weighted by Crippen LogP contribution is -2.17. The molecule has 0 saturated carbocycles. The standard InChI is InChI=1S/C13H19N3O/c1-3-6-14-9-13-5-4-7-16(13)10-12-8-11(2)17-15-12/h4-5,7-8,14H,3,6,9-10H2,1-2H3. The maximum absolute atomic E-state index is 5.07. The maximum atomic E-state index is 5.07. The lowest BCUT2D eigenvalue weighted by Gasteiger charge is -2.08.